The summed E-state index contributed by atoms with van der Waals surface area (Å²) in [6.07, 6.45) is 29.9. The van der Waals surface area contributed by atoms with Gasteiger partial charge in [-0.2, -0.15) is 8.42 Å². The van der Waals surface area contributed by atoms with Crippen molar-refractivity contribution in [2.24, 2.45) is 46.3 Å². The van der Waals surface area contributed by atoms with Crippen LogP contribution in [0.1, 0.15) is 150 Å². The molecule has 8 nitrogen and oxygen atoms in total. The average molecular weight is 848 g/mol. The van der Waals surface area contributed by atoms with E-state index in [0.717, 1.165) is 67.5 Å². The number of rotatable bonds is 13. The second kappa shape index (κ2) is 17.5. The van der Waals surface area contributed by atoms with E-state index in [1.807, 2.05) is 0 Å². The Labute approximate surface area is 350 Å². The fraction of sp³-hybridized carbons (Fsp3) is 0.804. The molecule has 4 saturated carbocycles. The number of hydrogen-bond donors (Lipinski definition) is 1. The molecular weight excluding hydrogens is 776 g/mol. The van der Waals surface area contributed by atoms with Crippen LogP contribution < -0.4 is 0 Å². The fourth-order valence-corrected chi connectivity index (χ4v) is 15.3. The molecule has 8 unspecified atom stereocenters. The third-order valence-electron chi connectivity index (χ3n) is 16.2. The number of hydrogen-bond acceptors (Lipinski definition) is 6. The van der Waals surface area contributed by atoms with E-state index in [1.165, 1.54) is 99.6 Å². The summed E-state index contributed by atoms with van der Waals surface area (Å²) >= 11 is 7.38. The zero-order valence-electron chi connectivity index (χ0n) is 35.3. The van der Waals surface area contributed by atoms with Crippen molar-refractivity contribution in [3.05, 3.63) is 46.2 Å². The first-order chi connectivity index (χ1) is 27.0. The Morgan fingerprint density at radius 1 is 0.754 bits per heavy atom. The largest absolute Gasteiger partial charge is 0.748 e. The molecule has 0 spiro atoms. The van der Waals surface area contributed by atoms with Gasteiger partial charge in [-0.3, -0.25) is 4.55 Å². The number of allylic oxidation sites excluding steroid dienone is 8. The minimum Gasteiger partial charge on any atom is -0.748 e. The molecule has 8 atom stereocenters. The van der Waals surface area contributed by atoms with Crippen molar-refractivity contribution >= 4 is 37.5 Å². The van der Waals surface area contributed by atoms with Crippen LogP contribution in [0.25, 0.3) is 0 Å². The average Bonchev–Trinajstić information content (AvgIpc) is 3.51. The van der Waals surface area contributed by atoms with Gasteiger partial charge in [0.15, 0.2) is 11.8 Å². The van der Waals surface area contributed by atoms with E-state index in [0.29, 0.717) is 43.2 Å². The second-order valence-electron chi connectivity index (χ2n) is 20.2. The maximum Gasteiger partial charge on any atom is 0.264 e. The zero-order chi connectivity index (χ0) is 40.8. The number of nitrogens with zero attached hydrogens (tertiary/aromatic N) is 2. The van der Waals surface area contributed by atoms with Crippen molar-refractivity contribution in [3.8, 4) is 0 Å². The van der Waals surface area contributed by atoms with E-state index in [2.05, 4.69) is 61.5 Å². The molecule has 320 valence electrons. The van der Waals surface area contributed by atoms with Gasteiger partial charge in [0.05, 0.1) is 21.3 Å². The SMILES string of the molecule is CC1(C)C(/C=C/C2=C(Cl)C(=C/C=C3/N(CCCCS(=O)(=O)[O-])C4CCC5CCCCC5C4C3(C)C)/CCC2)=[N+](CCCCS(=O)(=O)O)C2CCC3CCCCC3C21. The Hall–Kier alpha value is -1.46. The van der Waals surface area contributed by atoms with Gasteiger partial charge in [-0.05, 0) is 131 Å². The lowest BCUT2D eigenvalue weighted by atomic mass is 9.57. The third-order valence-corrected chi connectivity index (χ3v) is 18.3. The zero-order valence-corrected chi connectivity index (χ0v) is 37.7. The van der Waals surface area contributed by atoms with Crippen molar-refractivity contribution in [3.63, 3.8) is 0 Å². The summed E-state index contributed by atoms with van der Waals surface area (Å²) in [5.41, 5.74) is 4.99. The smallest absolute Gasteiger partial charge is 0.264 e. The van der Waals surface area contributed by atoms with Crippen LogP contribution in [0.3, 0.4) is 0 Å². The summed E-state index contributed by atoms with van der Waals surface area (Å²) in [7, 11) is -8.20. The standard InChI is InChI=1S/C46H71ClN2O6S2/c1-45(2)40(48(28-9-11-30-56(50,51)52)38-24-20-32-14-5-7-18-36(32)42(38)45)26-22-34-16-13-17-35(44(34)47)23-27-41-46(3,4)43-37-19-8-6-15-33(37)21-25-39(43)49(41)29-10-12-31-57(53,54)55/h22-23,26-27,32-33,36-39,42-43H,5-21,24-25,28-31H2,1-4H3,(H-,50,51,52,53,54,55). The van der Waals surface area contributed by atoms with Gasteiger partial charge in [0.2, 0.25) is 0 Å². The maximum atomic E-state index is 11.5. The first-order valence-electron chi connectivity index (χ1n) is 22.8. The van der Waals surface area contributed by atoms with Crippen molar-refractivity contribution in [1.82, 2.24) is 4.90 Å². The van der Waals surface area contributed by atoms with E-state index >= 15 is 0 Å². The minimum absolute atomic E-state index is 0.0147. The summed E-state index contributed by atoms with van der Waals surface area (Å²) in [5.74, 6) is 3.71. The van der Waals surface area contributed by atoms with E-state index in [1.54, 1.807) is 0 Å². The highest BCUT2D eigenvalue weighted by molar-refractivity contribution is 7.85. The van der Waals surface area contributed by atoms with Gasteiger partial charge in [-0.1, -0.05) is 76.1 Å². The second-order valence-corrected chi connectivity index (χ2v) is 23.7. The van der Waals surface area contributed by atoms with Crippen molar-refractivity contribution in [2.75, 3.05) is 24.6 Å². The van der Waals surface area contributed by atoms with Gasteiger partial charge in [0.25, 0.3) is 10.1 Å². The number of halogens is 1. The fourth-order valence-electron chi connectivity index (χ4n) is 13.9. The molecule has 0 aromatic heterocycles. The van der Waals surface area contributed by atoms with Crippen molar-refractivity contribution in [2.45, 2.75) is 162 Å². The van der Waals surface area contributed by atoms with Crippen molar-refractivity contribution in [1.29, 1.82) is 0 Å². The molecule has 0 radical (unpaired) electrons. The first kappa shape index (κ1) is 43.6. The van der Waals surface area contributed by atoms with Crippen LogP contribution in [-0.2, 0) is 20.2 Å². The molecule has 57 heavy (non-hydrogen) atoms. The molecule has 5 fully saturated rings. The molecule has 1 saturated heterocycles. The van der Waals surface area contributed by atoms with Crippen LogP contribution in [0.4, 0.5) is 0 Å². The van der Waals surface area contributed by atoms with Crippen LogP contribution in [-0.4, -0.2) is 77.8 Å². The predicted octanol–water partition coefficient (Wildman–Crippen LogP) is 10.0. The van der Waals surface area contributed by atoms with Gasteiger partial charge in [0.1, 0.15) is 6.54 Å². The normalized spacial score (nSPS) is 35.5. The first-order valence-corrected chi connectivity index (χ1v) is 26.3. The maximum absolute atomic E-state index is 11.5. The number of fused-ring (bicyclic) bond motifs is 6. The third kappa shape index (κ3) is 9.40. The summed E-state index contributed by atoms with van der Waals surface area (Å²) in [6.45, 7) is 11.3. The molecule has 2 aliphatic heterocycles. The highest BCUT2D eigenvalue weighted by atomic mass is 35.5. The van der Waals surface area contributed by atoms with Crippen molar-refractivity contribution < 1.29 is 30.5 Å². The molecule has 0 amide bonds. The monoisotopic (exact) mass is 846 g/mol. The summed E-state index contributed by atoms with van der Waals surface area (Å²) in [6, 6.07) is 0.900. The Morgan fingerprint density at radius 2 is 1.40 bits per heavy atom. The van der Waals surface area contributed by atoms with Crippen LogP contribution in [0.15, 0.2) is 46.2 Å². The number of likely N-dealkylation sites (tertiary alicyclic amines) is 1. The van der Waals surface area contributed by atoms with Gasteiger partial charge in [-0.25, -0.2) is 13.0 Å². The lowest BCUT2D eigenvalue weighted by Gasteiger charge is -2.47. The molecule has 0 aromatic rings. The lowest BCUT2D eigenvalue weighted by molar-refractivity contribution is -0.569. The predicted molar refractivity (Wildman–Crippen MR) is 230 cm³/mol. The molecule has 0 bridgehead atoms. The molecular formula is C46H71ClN2O6S2. The van der Waals surface area contributed by atoms with Crippen LogP contribution in [0.5, 0.6) is 0 Å². The molecule has 5 aliphatic carbocycles. The Kier molecular flexibility index (Phi) is 13.4. The highest BCUT2D eigenvalue weighted by Gasteiger charge is 2.60. The number of unbranched alkanes of at least 4 members (excludes halogenated alkanes) is 2. The van der Waals surface area contributed by atoms with Crippen LogP contribution in [0.2, 0.25) is 0 Å². The van der Waals surface area contributed by atoms with Gasteiger partial charge in [-0.15, -0.1) is 0 Å². The van der Waals surface area contributed by atoms with Crippen LogP contribution >= 0.6 is 11.6 Å². The Bertz CT molecular complexity index is 1880. The molecule has 1 N–H and O–H groups in total. The lowest BCUT2D eigenvalue weighted by Crippen LogP contribution is -2.46. The molecule has 0 aromatic carbocycles. The summed E-state index contributed by atoms with van der Waals surface area (Å²) < 4.78 is 69.4. The summed E-state index contributed by atoms with van der Waals surface area (Å²) in [5, 5.41) is 0.850. The Morgan fingerprint density at radius 3 is 2.09 bits per heavy atom. The minimum atomic E-state index is -4.22. The van der Waals surface area contributed by atoms with Crippen LogP contribution in [0, 0.1) is 46.3 Å². The summed E-state index contributed by atoms with van der Waals surface area (Å²) in [4.78, 5) is 2.60. The molecule has 7 rings (SSSR count). The molecule has 7 aliphatic rings. The molecule has 2 heterocycles. The Balaban J connectivity index is 1.17. The highest BCUT2D eigenvalue weighted by Crippen LogP contribution is 2.60. The van der Waals surface area contributed by atoms with E-state index in [9.17, 15) is 25.9 Å². The van der Waals surface area contributed by atoms with E-state index < -0.39 is 20.2 Å². The van der Waals surface area contributed by atoms with Gasteiger partial charge < -0.3 is 9.45 Å². The molecule has 11 heteroatoms. The topological polar surface area (TPSA) is 118 Å². The van der Waals surface area contributed by atoms with Gasteiger partial charge in [0, 0.05) is 59.3 Å². The van der Waals surface area contributed by atoms with E-state index in [-0.39, 0.29) is 22.3 Å². The quantitative estimate of drug-likeness (QED) is 0.111. The van der Waals surface area contributed by atoms with E-state index in [4.69, 9.17) is 11.6 Å². The van der Waals surface area contributed by atoms with Gasteiger partial charge >= 0.3 is 0 Å².